The summed E-state index contributed by atoms with van der Waals surface area (Å²) in [5, 5.41) is 0.636. The number of benzene rings is 2. The minimum absolute atomic E-state index is 0. The smallest absolute Gasteiger partial charge is 0.245 e. The van der Waals surface area contributed by atoms with Crippen molar-refractivity contribution in [2.45, 2.75) is 9.79 Å². The summed E-state index contributed by atoms with van der Waals surface area (Å²) in [5.41, 5.74) is 1.78. The molecule has 2 aromatic carbocycles. The lowest BCUT2D eigenvalue weighted by Crippen LogP contribution is -3.00. The van der Waals surface area contributed by atoms with Gasteiger partial charge in [0.25, 0.3) is 0 Å². The maximum Gasteiger partial charge on any atom is 0.245 e. The minimum Gasteiger partial charge on any atom is -1.00 e. The van der Waals surface area contributed by atoms with Crippen LogP contribution in [0, 0.1) is 0 Å². The first kappa shape index (κ1) is 17.2. The van der Waals surface area contributed by atoms with E-state index < -0.39 is 0 Å². The second-order valence-electron chi connectivity index (χ2n) is 5.15. The Morgan fingerprint density at radius 1 is 1.14 bits per heavy atom. The molecule has 6 heteroatoms. The zero-order valence-corrected chi connectivity index (χ0v) is 14.5. The first-order chi connectivity index (χ1) is 10.1. The first-order valence-electron chi connectivity index (χ1n) is 6.60. The van der Waals surface area contributed by atoms with Crippen molar-refractivity contribution in [1.82, 2.24) is 4.90 Å². The van der Waals surface area contributed by atoms with E-state index in [2.05, 4.69) is 0 Å². The van der Waals surface area contributed by atoms with Gasteiger partial charge in [0, 0.05) is 14.8 Å². The van der Waals surface area contributed by atoms with E-state index >= 15 is 0 Å². The standard InChI is InChI=1S/C16H15ClN2OS.ClH/c1-18(2)10-16(20)19-12-5-3-4-6-14(12)21-15-8-7-11(17)9-13(15)19;/h3-9H,10H2,1-2H3;1H/p-1. The summed E-state index contributed by atoms with van der Waals surface area (Å²) in [6, 6.07) is 13.6. The average molecular weight is 354 g/mol. The Hall–Kier alpha value is -1.20. The van der Waals surface area contributed by atoms with E-state index in [4.69, 9.17) is 11.6 Å². The number of carbonyl (C=O) groups is 1. The highest BCUT2D eigenvalue weighted by Crippen LogP contribution is 2.48. The summed E-state index contributed by atoms with van der Waals surface area (Å²) in [5.74, 6) is 0.0382. The van der Waals surface area contributed by atoms with Crippen molar-refractivity contribution in [3.8, 4) is 0 Å². The fraction of sp³-hybridized carbons (Fsp3) is 0.188. The molecule has 1 amide bonds. The molecule has 1 heterocycles. The number of hydrogen-bond donors (Lipinski definition) is 0. The van der Waals surface area contributed by atoms with Gasteiger partial charge in [0.2, 0.25) is 5.91 Å². The maximum atomic E-state index is 12.7. The second-order valence-corrected chi connectivity index (χ2v) is 6.67. The predicted molar refractivity (Wildman–Crippen MR) is 87.7 cm³/mol. The summed E-state index contributed by atoms with van der Waals surface area (Å²) in [4.78, 5) is 18.4. The first-order valence-corrected chi connectivity index (χ1v) is 7.80. The Bertz CT molecular complexity index is 706. The van der Waals surface area contributed by atoms with E-state index in [1.165, 1.54) is 0 Å². The van der Waals surface area contributed by atoms with Gasteiger partial charge in [0.15, 0.2) is 0 Å². The molecule has 116 valence electrons. The topological polar surface area (TPSA) is 23.6 Å². The number of nitrogens with zero attached hydrogens (tertiary/aromatic N) is 2. The summed E-state index contributed by atoms with van der Waals surface area (Å²) >= 11 is 7.79. The molecule has 3 rings (SSSR count). The van der Waals surface area contributed by atoms with Gasteiger partial charge in [-0.2, -0.15) is 0 Å². The van der Waals surface area contributed by atoms with Crippen LogP contribution in [0.15, 0.2) is 52.3 Å². The molecule has 0 bridgehead atoms. The van der Waals surface area contributed by atoms with Crippen LogP contribution in [0.5, 0.6) is 0 Å². The molecule has 3 nitrogen and oxygen atoms in total. The number of halogens is 2. The fourth-order valence-electron chi connectivity index (χ4n) is 2.34. The van der Waals surface area contributed by atoms with E-state index in [9.17, 15) is 4.79 Å². The Morgan fingerprint density at radius 2 is 1.82 bits per heavy atom. The van der Waals surface area contributed by atoms with Crippen LogP contribution in [0.4, 0.5) is 11.4 Å². The zero-order chi connectivity index (χ0) is 15.0. The van der Waals surface area contributed by atoms with Gasteiger partial charge in [-0.15, -0.1) is 0 Å². The lowest BCUT2D eigenvalue weighted by atomic mass is 10.2. The third-order valence-corrected chi connectivity index (χ3v) is 4.55. The SMILES string of the molecule is CN(C)CC(=O)N1c2ccccc2Sc2ccc(Cl)cc21.[Cl-]. The third kappa shape index (κ3) is 3.25. The molecule has 2 aromatic rings. The van der Waals surface area contributed by atoms with Crippen molar-refractivity contribution in [2.75, 3.05) is 25.5 Å². The van der Waals surface area contributed by atoms with Gasteiger partial charge in [0.1, 0.15) is 0 Å². The van der Waals surface area contributed by atoms with E-state index in [-0.39, 0.29) is 18.3 Å². The average Bonchev–Trinajstić information content (AvgIpc) is 2.44. The van der Waals surface area contributed by atoms with Crippen molar-refractivity contribution < 1.29 is 17.2 Å². The predicted octanol–water partition coefficient (Wildman–Crippen LogP) is 1.03. The molecule has 1 aliphatic rings. The number of fused-ring (bicyclic) bond motifs is 2. The lowest BCUT2D eigenvalue weighted by molar-refractivity contribution is -0.118. The van der Waals surface area contributed by atoms with E-state index in [1.807, 2.05) is 61.5 Å². The Morgan fingerprint density at radius 3 is 2.55 bits per heavy atom. The number of para-hydroxylation sites is 1. The minimum atomic E-state index is 0. The van der Waals surface area contributed by atoms with Gasteiger partial charge in [-0.05, 0) is 44.4 Å². The quantitative estimate of drug-likeness (QED) is 0.805. The van der Waals surface area contributed by atoms with Gasteiger partial charge < -0.3 is 17.3 Å². The van der Waals surface area contributed by atoms with Crippen LogP contribution in [-0.4, -0.2) is 31.4 Å². The molecule has 0 fully saturated rings. The summed E-state index contributed by atoms with van der Waals surface area (Å²) in [7, 11) is 3.78. The molecule has 1 aliphatic heterocycles. The van der Waals surface area contributed by atoms with E-state index in [1.54, 1.807) is 16.7 Å². The number of hydrogen-bond acceptors (Lipinski definition) is 3. The van der Waals surface area contributed by atoms with Crippen molar-refractivity contribution in [3.63, 3.8) is 0 Å². The number of anilines is 2. The largest absolute Gasteiger partial charge is 1.00 e. The Labute approximate surface area is 145 Å². The highest BCUT2D eigenvalue weighted by molar-refractivity contribution is 7.99. The zero-order valence-electron chi connectivity index (χ0n) is 12.2. The van der Waals surface area contributed by atoms with Crippen molar-refractivity contribution in [2.24, 2.45) is 0 Å². The molecule has 0 saturated heterocycles. The molecule has 22 heavy (non-hydrogen) atoms. The number of likely N-dealkylation sites (N-methyl/N-ethyl adjacent to an activating group) is 1. The highest BCUT2D eigenvalue weighted by atomic mass is 35.5. The van der Waals surface area contributed by atoms with Crippen LogP contribution in [0.1, 0.15) is 0 Å². The lowest BCUT2D eigenvalue weighted by Gasteiger charge is -2.32. The molecular weight excluding hydrogens is 339 g/mol. The molecular formula is C16H15Cl2N2OS-. The van der Waals surface area contributed by atoms with Gasteiger partial charge in [-0.25, -0.2) is 0 Å². The van der Waals surface area contributed by atoms with Crippen molar-refractivity contribution in [3.05, 3.63) is 47.5 Å². The molecule has 0 unspecified atom stereocenters. The van der Waals surface area contributed by atoms with Crippen LogP contribution in [0.3, 0.4) is 0 Å². The van der Waals surface area contributed by atoms with Crippen LogP contribution in [0.25, 0.3) is 0 Å². The Balaban J connectivity index is 0.00000176. The van der Waals surface area contributed by atoms with Crippen LogP contribution in [0.2, 0.25) is 5.02 Å². The Kier molecular flexibility index (Phi) is 5.40. The number of rotatable bonds is 2. The maximum absolute atomic E-state index is 12.7. The van der Waals surface area contributed by atoms with Gasteiger partial charge in [-0.1, -0.05) is 35.5 Å². The van der Waals surface area contributed by atoms with E-state index in [0.717, 1.165) is 21.2 Å². The monoisotopic (exact) mass is 353 g/mol. The molecule has 0 aliphatic carbocycles. The molecule has 0 atom stereocenters. The van der Waals surface area contributed by atoms with Crippen LogP contribution < -0.4 is 17.3 Å². The molecule has 0 radical (unpaired) electrons. The molecule has 0 N–H and O–H groups in total. The molecule has 0 saturated carbocycles. The third-order valence-electron chi connectivity index (χ3n) is 3.19. The fourth-order valence-corrected chi connectivity index (χ4v) is 3.54. The highest BCUT2D eigenvalue weighted by Gasteiger charge is 2.28. The summed E-state index contributed by atoms with van der Waals surface area (Å²) in [6.07, 6.45) is 0. The van der Waals surface area contributed by atoms with Crippen LogP contribution >= 0.6 is 23.4 Å². The van der Waals surface area contributed by atoms with Crippen molar-refractivity contribution in [1.29, 1.82) is 0 Å². The number of amides is 1. The molecule has 0 aromatic heterocycles. The van der Waals surface area contributed by atoms with Gasteiger partial charge >= 0.3 is 0 Å². The summed E-state index contributed by atoms with van der Waals surface area (Å²) < 4.78 is 0. The summed E-state index contributed by atoms with van der Waals surface area (Å²) in [6.45, 7) is 0.352. The van der Waals surface area contributed by atoms with Gasteiger partial charge in [-0.3, -0.25) is 9.69 Å². The number of carbonyl (C=O) groups excluding carboxylic acids is 1. The van der Waals surface area contributed by atoms with Crippen LogP contribution in [-0.2, 0) is 4.79 Å². The van der Waals surface area contributed by atoms with E-state index in [0.29, 0.717) is 11.6 Å². The van der Waals surface area contributed by atoms with Gasteiger partial charge in [0.05, 0.1) is 17.9 Å². The normalized spacial score (nSPS) is 12.5. The molecule has 0 spiro atoms. The van der Waals surface area contributed by atoms with Crippen molar-refractivity contribution >= 4 is 40.6 Å². The second kappa shape index (κ2) is 6.92.